The molecule has 0 aliphatic rings. The quantitative estimate of drug-likeness (QED) is 0.893. The molecule has 0 aromatic carbocycles. The van der Waals surface area contributed by atoms with Crippen molar-refractivity contribution in [2.75, 3.05) is 14.2 Å². The number of hydrogen-bond acceptors (Lipinski definition) is 4. The Labute approximate surface area is 107 Å². The Morgan fingerprint density at radius 2 is 2.06 bits per heavy atom. The van der Waals surface area contributed by atoms with Gasteiger partial charge >= 0.3 is 0 Å². The van der Waals surface area contributed by atoms with Gasteiger partial charge in [0.25, 0.3) is 0 Å². The molecule has 1 unspecified atom stereocenters. The molecule has 0 aliphatic carbocycles. The highest BCUT2D eigenvalue weighted by molar-refractivity contribution is 5.36. The molecular weight excluding hydrogens is 226 g/mol. The monoisotopic (exact) mass is 243 g/mol. The number of rotatable bonds is 4. The molecule has 18 heavy (non-hydrogen) atoms. The van der Waals surface area contributed by atoms with Crippen LogP contribution in [-0.4, -0.2) is 24.1 Å². The predicted molar refractivity (Wildman–Crippen MR) is 70.7 cm³/mol. The van der Waals surface area contributed by atoms with E-state index in [2.05, 4.69) is 21.4 Å². The first kappa shape index (κ1) is 12.5. The van der Waals surface area contributed by atoms with Crippen LogP contribution < -0.4 is 10.1 Å². The molecule has 2 rings (SSSR count). The molecule has 0 radical (unpaired) electrons. The van der Waals surface area contributed by atoms with E-state index in [1.165, 1.54) is 0 Å². The van der Waals surface area contributed by atoms with Gasteiger partial charge in [0, 0.05) is 23.7 Å². The van der Waals surface area contributed by atoms with Crippen LogP contribution in [0.1, 0.15) is 22.9 Å². The van der Waals surface area contributed by atoms with Crippen LogP contribution in [0.3, 0.4) is 0 Å². The average Bonchev–Trinajstić information content (AvgIpc) is 2.42. The lowest BCUT2D eigenvalue weighted by atomic mass is 10.0. The fourth-order valence-corrected chi connectivity index (χ4v) is 1.95. The first-order chi connectivity index (χ1) is 8.76. The number of nitrogens with zero attached hydrogens (tertiary/aromatic N) is 2. The van der Waals surface area contributed by atoms with Crippen molar-refractivity contribution in [3.63, 3.8) is 0 Å². The smallest absolute Gasteiger partial charge is 0.218 e. The standard InChI is InChI=1S/C14H17N3O/c1-10-6-7-11(9-17-10)13(15-2)12-5-4-8-16-14(12)18-3/h4-9,13,15H,1-3H3. The zero-order valence-electron chi connectivity index (χ0n) is 10.8. The van der Waals surface area contributed by atoms with Gasteiger partial charge in [-0.3, -0.25) is 4.98 Å². The summed E-state index contributed by atoms with van der Waals surface area (Å²) in [4.78, 5) is 8.55. The third kappa shape index (κ3) is 2.49. The van der Waals surface area contributed by atoms with Crippen LogP contribution in [-0.2, 0) is 0 Å². The summed E-state index contributed by atoms with van der Waals surface area (Å²) in [6, 6.07) is 8.01. The Balaban J connectivity index is 2.41. The van der Waals surface area contributed by atoms with Gasteiger partial charge in [-0.25, -0.2) is 4.98 Å². The van der Waals surface area contributed by atoms with Crippen molar-refractivity contribution in [2.45, 2.75) is 13.0 Å². The van der Waals surface area contributed by atoms with Crippen molar-refractivity contribution in [2.24, 2.45) is 0 Å². The van der Waals surface area contributed by atoms with Gasteiger partial charge < -0.3 is 10.1 Å². The molecule has 0 saturated heterocycles. The highest BCUT2D eigenvalue weighted by Gasteiger charge is 2.17. The zero-order chi connectivity index (χ0) is 13.0. The maximum atomic E-state index is 5.30. The topological polar surface area (TPSA) is 47.0 Å². The first-order valence-corrected chi connectivity index (χ1v) is 5.85. The van der Waals surface area contributed by atoms with E-state index in [9.17, 15) is 0 Å². The number of ether oxygens (including phenoxy) is 1. The van der Waals surface area contributed by atoms with E-state index in [4.69, 9.17) is 4.74 Å². The highest BCUT2D eigenvalue weighted by atomic mass is 16.5. The van der Waals surface area contributed by atoms with Gasteiger partial charge in [0.2, 0.25) is 5.88 Å². The van der Waals surface area contributed by atoms with Crippen molar-refractivity contribution in [1.82, 2.24) is 15.3 Å². The lowest BCUT2D eigenvalue weighted by Gasteiger charge is -2.18. The summed E-state index contributed by atoms with van der Waals surface area (Å²) in [5.41, 5.74) is 3.11. The molecule has 0 aliphatic heterocycles. The van der Waals surface area contributed by atoms with Crippen LogP contribution in [0.4, 0.5) is 0 Å². The van der Waals surface area contributed by atoms with Crippen LogP contribution in [0.2, 0.25) is 0 Å². The Bertz CT molecular complexity index is 511. The van der Waals surface area contributed by atoms with Gasteiger partial charge in [-0.05, 0) is 31.7 Å². The third-order valence-electron chi connectivity index (χ3n) is 2.86. The van der Waals surface area contributed by atoms with Gasteiger partial charge in [0.15, 0.2) is 0 Å². The van der Waals surface area contributed by atoms with E-state index in [1.54, 1.807) is 13.3 Å². The van der Waals surface area contributed by atoms with Crippen LogP contribution in [0.15, 0.2) is 36.7 Å². The van der Waals surface area contributed by atoms with Crippen molar-refractivity contribution in [3.8, 4) is 5.88 Å². The second-order valence-electron chi connectivity index (χ2n) is 4.06. The maximum absolute atomic E-state index is 5.30. The Hall–Kier alpha value is -1.94. The van der Waals surface area contributed by atoms with Crippen LogP contribution in [0.25, 0.3) is 0 Å². The second-order valence-corrected chi connectivity index (χ2v) is 4.06. The molecule has 1 atom stereocenters. The summed E-state index contributed by atoms with van der Waals surface area (Å²) < 4.78 is 5.30. The molecule has 2 heterocycles. The lowest BCUT2D eigenvalue weighted by molar-refractivity contribution is 0.388. The van der Waals surface area contributed by atoms with Crippen LogP contribution >= 0.6 is 0 Å². The SMILES string of the molecule is CNC(c1ccc(C)nc1)c1cccnc1OC. The summed E-state index contributed by atoms with van der Waals surface area (Å²) in [5.74, 6) is 0.637. The van der Waals surface area contributed by atoms with Crippen molar-refractivity contribution in [1.29, 1.82) is 0 Å². The molecule has 4 nitrogen and oxygen atoms in total. The Kier molecular flexibility index (Phi) is 3.89. The van der Waals surface area contributed by atoms with E-state index >= 15 is 0 Å². The lowest BCUT2D eigenvalue weighted by Crippen LogP contribution is -2.19. The number of nitrogens with one attached hydrogen (secondary N) is 1. The van der Waals surface area contributed by atoms with Gasteiger partial charge in [0.1, 0.15) is 0 Å². The van der Waals surface area contributed by atoms with Crippen LogP contribution in [0, 0.1) is 6.92 Å². The number of pyridine rings is 2. The minimum absolute atomic E-state index is 0.0294. The summed E-state index contributed by atoms with van der Waals surface area (Å²) in [5, 5.41) is 3.27. The molecule has 94 valence electrons. The fourth-order valence-electron chi connectivity index (χ4n) is 1.95. The van der Waals surface area contributed by atoms with E-state index in [0.717, 1.165) is 16.8 Å². The summed E-state index contributed by atoms with van der Waals surface area (Å²) in [6.45, 7) is 1.98. The number of aryl methyl sites for hydroxylation is 1. The normalized spacial score (nSPS) is 12.2. The van der Waals surface area contributed by atoms with Gasteiger partial charge in [-0.2, -0.15) is 0 Å². The summed E-state index contributed by atoms with van der Waals surface area (Å²) >= 11 is 0. The summed E-state index contributed by atoms with van der Waals surface area (Å²) in [7, 11) is 3.54. The van der Waals surface area contributed by atoms with Gasteiger partial charge in [-0.15, -0.1) is 0 Å². The molecule has 0 spiro atoms. The minimum Gasteiger partial charge on any atom is -0.481 e. The molecule has 4 heteroatoms. The zero-order valence-corrected chi connectivity index (χ0v) is 10.8. The highest BCUT2D eigenvalue weighted by Crippen LogP contribution is 2.27. The second kappa shape index (κ2) is 5.60. The number of hydrogen-bond donors (Lipinski definition) is 1. The van der Waals surface area contributed by atoms with E-state index < -0.39 is 0 Å². The van der Waals surface area contributed by atoms with Crippen molar-refractivity contribution < 1.29 is 4.74 Å². The summed E-state index contributed by atoms with van der Waals surface area (Å²) in [6.07, 6.45) is 3.60. The molecule has 0 bridgehead atoms. The van der Waals surface area contributed by atoms with E-state index in [1.807, 2.05) is 38.4 Å². The fraction of sp³-hybridized carbons (Fsp3) is 0.286. The molecule has 2 aromatic rings. The largest absolute Gasteiger partial charge is 0.481 e. The van der Waals surface area contributed by atoms with Gasteiger partial charge in [0.05, 0.1) is 13.2 Å². The molecule has 2 aromatic heterocycles. The predicted octanol–water partition coefficient (Wildman–Crippen LogP) is 2.10. The molecule has 0 fully saturated rings. The maximum Gasteiger partial charge on any atom is 0.218 e. The van der Waals surface area contributed by atoms with Crippen molar-refractivity contribution >= 4 is 0 Å². The van der Waals surface area contributed by atoms with E-state index in [-0.39, 0.29) is 6.04 Å². The molecule has 0 amide bonds. The van der Waals surface area contributed by atoms with Gasteiger partial charge in [-0.1, -0.05) is 12.1 Å². The number of aromatic nitrogens is 2. The third-order valence-corrected chi connectivity index (χ3v) is 2.86. The van der Waals surface area contributed by atoms with E-state index in [0.29, 0.717) is 5.88 Å². The van der Waals surface area contributed by atoms with Crippen molar-refractivity contribution in [3.05, 3.63) is 53.5 Å². The molecular formula is C14H17N3O. The Morgan fingerprint density at radius 1 is 1.22 bits per heavy atom. The first-order valence-electron chi connectivity index (χ1n) is 5.85. The Morgan fingerprint density at radius 3 is 2.67 bits per heavy atom. The molecule has 0 saturated carbocycles. The average molecular weight is 243 g/mol. The minimum atomic E-state index is 0.0294. The molecule has 1 N–H and O–H groups in total. The number of methoxy groups -OCH3 is 1. The van der Waals surface area contributed by atoms with Crippen LogP contribution in [0.5, 0.6) is 5.88 Å².